The van der Waals surface area contributed by atoms with Crippen LogP contribution in [0.1, 0.15) is 15.9 Å². The lowest BCUT2D eigenvalue weighted by Gasteiger charge is -2.17. The third-order valence-electron chi connectivity index (χ3n) is 3.91. The van der Waals surface area contributed by atoms with E-state index in [0.29, 0.717) is 5.56 Å². The van der Waals surface area contributed by atoms with Crippen LogP contribution in [0, 0.1) is 11.3 Å². The first-order chi connectivity index (χ1) is 13.8. The lowest BCUT2D eigenvalue weighted by molar-refractivity contribution is -0.116. The van der Waals surface area contributed by atoms with Crippen LogP contribution in [0.2, 0.25) is 0 Å². The molecule has 9 heteroatoms. The number of carbonyl (C=O) groups is 2. The Balaban J connectivity index is 2.11. The number of hydrogen-bond acceptors (Lipinski definition) is 5. The predicted octanol–water partition coefficient (Wildman–Crippen LogP) is 1.73. The van der Waals surface area contributed by atoms with Gasteiger partial charge >= 0.3 is 0 Å². The van der Waals surface area contributed by atoms with Crippen LogP contribution in [-0.4, -0.2) is 44.7 Å². The van der Waals surface area contributed by atoms with Crippen molar-refractivity contribution in [3.63, 3.8) is 0 Å². The van der Waals surface area contributed by atoms with Crippen LogP contribution in [0.15, 0.2) is 66.1 Å². The molecule has 0 aliphatic heterocycles. The van der Waals surface area contributed by atoms with Crippen LogP contribution >= 0.6 is 0 Å². The minimum Gasteiger partial charge on any atom is -0.349 e. The molecule has 2 aromatic rings. The van der Waals surface area contributed by atoms with Gasteiger partial charge in [0, 0.05) is 13.6 Å². The highest BCUT2D eigenvalue weighted by atomic mass is 32.2. The van der Waals surface area contributed by atoms with Crippen LogP contribution in [0.3, 0.4) is 0 Å². The third kappa shape index (κ3) is 5.51. The molecular formula is C20H20N4O4S. The second kappa shape index (κ2) is 9.64. The smallest absolute Gasteiger partial charge is 0.253 e. The number of likely N-dealkylation sites (N-methyl/N-ethyl adjacent to an activating group) is 1. The van der Waals surface area contributed by atoms with Gasteiger partial charge in [0.1, 0.15) is 0 Å². The molecule has 8 nitrogen and oxygen atoms in total. The first kappa shape index (κ1) is 21.8. The average molecular weight is 412 g/mol. The molecule has 0 saturated heterocycles. The molecule has 0 aliphatic carbocycles. The summed E-state index contributed by atoms with van der Waals surface area (Å²) < 4.78 is 26.1. The van der Waals surface area contributed by atoms with Gasteiger partial charge in [0.25, 0.3) is 5.91 Å². The zero-order valence-corrected chi connectivity index (χ0v) is 16.6. The number of hydrogen-bond donors (Lipinski definition) is 2. The second-order valence-electron chi connectivity index (χ2n) is 5.99. The van der Waals surface area contributed by atoms with Gasteiger partial charge < -0.3 is 10.6 Å². The van der Waals surface area contributed by atoms with Crippen LogP contribution in [0.25, 0.3) is 0 Å². The summed E-state index contributed by atoms with van der Waals surface area (Å²) in [5, 5.41) is 14.0. The van der Waals surface area contributed by atoms with Crippen molar-refractivity contribution in [3.05, 3.63) is 72.3 Å². The second-order valence-corrected chi connectivity index (χ2v) is 8.03. The molecule has 2 N–H and O–H groups in total. The zero-order chi connectivity index (χ0) is 21.4. The molecule has 150 valence electrons. The van der Waals surface area contributed by atoms with E-state index in [1.54, 1.807) is 24.3 Å². The molecular weight excluding hydrogens is 392 g/mol. The number of anilines is 1. The van der Waals surface area contributed by atoms with Crippen LogP contribution in [-0.2, 0) is 14.8 Å². The topological polar surface area (TPSA) is 119 Å². The molecule has 29 heavy (non-hydrogen) atoms. The number of benzene rings is 2. The molecule has 2 aromatic carbocycles. The maximum Gasteiger partial charge on any atom is 0.253 e. The van der Waals surface area contributed by atoms with Crippen molar-refractivity contribution >= 4 is 27.5 Å². The molecule has 0 unspecified atom stereocenters. The number of amides is 2. The van der Waals surface area contributed by atoms with Crippen molar-refractivity contribution < 1.29 is 18.0 Å². The first-order valence-electron chi connectivity index (χ1n) is 8.54. The summed E-state index contributed by atoms with van der Waals surface area (Å²) in [6.45, 7) is 3.34. The molecule has 0 aliphatic rings. The molecule has 0 fully saturated rings. The minimum atomic E-state index is -3.92. The van der Waals surface area contributed by atoms with E-state index in [-0.39, 0.29) is 28.6 Å². The molecule has 2 amide bonds. The predicted molar refractivity (Wildman–Crippen MR) is 109 cm³/mol. The molecule has 0 radical (unpaired) electrons. The van der Waals surface area contributed by atoms with Crippen molar-refractivity contribution in [1.29, 1.82) is 5.26 Å². The summed E-state index contributed by atoms with van der Waals surface area (Å²) in [6.07, 6.45) is 1.53. The SMILES string of the molecule is C=CCNC(=O)c1ccccc1NC(=O)CN(C)S(=O)(=O)c1ccc(C#N)cc1. The van der Waals surface area contributed by atoms with Crippen molar-refractivity contribution in [2.75, 3.05) is 25.5 Å². The Morgan fingerprint density at radius 2 is 1.83 bits per heavy atom. The number of carbonyl (C=O) groups excluding carboxylic acids is 2. The summed E-state index contributed by atoms with van der Waals surface area (Å²) in [4.78, 5) is 24.5. The highest BCUT2D eigenvalue weighted by molar-refractivity contribution is 7.89. The van der Waals surface area contributed by atoms with Gasteiger partial charge in [-0.25, -0.2) is 8.42 Å². The zero-order valence-electron chi connectivity index (χ0n) is 15.8. The Kier molecular flexibility index (Phi) is 7.25. The average Bonchev–Trinajstić information content (AvgIpc) is 2.72. The fraction of sp³-hybridized carbons (Fsp3) is 0.150. The molecule has 2 rings (SSSR count). The molecule has 0 heterocycles. The van der Waals surface area contributed by atoms with E-state index in [4.69, 9.17) is 5.26 Å². The molecule has 0 bridgehead atoms. The number of nitrogens with one attached hydrogen (secondary N) is 2. The number of nitrogens with zero attached hydrogens (tertiary/aromatic N) is 2. The van der Waals surface area contributed by atoms with Crippen LogP contribution < -0.4 is 10.6 Å². The number of rotatable bonds is 8. The van der Waals surface area contributed by atoms with Gasteiger partial charge in [-0.15, -0.1) is 6.58 Å². The van der Waals surface area contributed by atoms with Crippen molar-refractivity contribution in [1.82, 2.24) is 9.62 Å². The summed E-state index contributed by atoms with van der Waals surface area (Å²) >= 11 is 0. The van der Waals surface area contributed by atoms with Gasteiger partial charge in [0.15, 0.2) is 0 Å². The van der Waals surface area contributed by atoms with Crippen LogP contribution in [0.5, 0.6) is 0 Å². The van der Waals surface area contributed by atoms with E-state index < -0.39 is 22.5 Å². The van der Waals surface area contributed by atoms with Gasteiger partial charge in [-0.05, 0) is 36.4 Å². The van der Waals surface area contributed by atoms with E-state index in [1.165, 1.54) is 37.4 Å². The number of para-hydroxylation sites is 1. The fourth-order valence-electron chi connectivity index (χ4n) is 2.41. The Bertz CT molecular complexity index is 1060. The highest BCUT2D eigenvalue weighted by Crippen LogP contribution is 2.17. The lowest BCUT2D eigenvalue weighted by atomic mass is 10.1. The minimum absolute atomic E-state index is 0.0315. The van der Waals surface area contributed by atoms with Crippen LogP contribution in [0.4, 0.5) is 5.69 Å². The molecule has 0 atom stereocenters. The van der Waals surface area contributed by atoms with Crippen molar-refractivity contribution in [3.8, 4) is 6.07 Å². The van der Waals surface area contributed by atoms with E-state index in [1.807, 2.05) is 6.07 Å². The maximum absolute atomic E-state index is 12.6. The molecule has 0 saturated carbocycles. The van der Waals surface area contributed by atoms with Gasteiger partial charge in [-0.2, -0.15) is 9.57 Å². The van der Waals surface area contributed by atoms with E-state index in [0.717, 1.165) is 4.31 Å². The van der Waals surface area contributed by atoms with E-state index in [2.05, 4.69) is 17.2 Å². The Labute approximate surface area is 169 Å². The Morgan fingerprint density at radius 3 is 2.45 bits per heavy atom. The van der Waals surface area contributed by atoms with Crippen molar-refractivity contribution in [2.45, 2.75) is 4.90 Å². The summed E-state index contributed by atoms with van der Waals surface area (Å²) in [6, 6.07) is 13.7. The molecule has 0 spiro atoms. The molecule has 0 aromatic heterocycles. The van der Waals surface area contributed by atoms with Gasteiger partial charge in [0.05, 0.1) is 34.3 Å². The quantitative estimate of drug-likeness (QED) is 0.640. The fourth-order valence-corrected chi connectivity index (χ4v) is 3.54. The normalized spacial score (nSPS) is 10.8. The number of nitriles is 1. The Hall–Kier alpha value is -3.48. The first-order valence-corrected chi connectivity index (χ1v) is 9.98. The van der Waals surface area contributed by atoms with Crippen molar-refractivity contribution in [2.24, 2.45) is 0 Å². The number of sulfonamides is 1. The summed E-state index contributed by atoms with van der Waals surface area (Å²) in [5.41, 5.74) is 0.846. The van der Waals surface area contributed by atoms with E-state index >= 15 is 0 Å². The monoisotopic (exact) mass is 412 g/mol. The maximum atomic E-state index is 12.6. The summed E-state index contributed by atoms with van der Waals surface area (Å²) in [7, 11) is -2.64. The highest BCUT2D eigenvalue weighted by Gasteiger charge is 2.23. The van der Waals surface area contributed by atoms with Gasteiger partial charge in [-0.1, -0.05) is 18.2 Å². The standard InChI is InChI=1S/C20H20N4O4S/c1-3-12-22-20(26)17-6-4-5-7-18(17)23-19(25)14-24(2)29(27,28)16-10-8-15(13-21)9-11-16/h3-11H,1,12,14H2,2H3,(H,22,26)(H,23,25). The summed E-state index contributed by atoms with van der Waals surface area (Å²) in [5.74, 6) is -0.993. The largest absolute Gasteiger partial charge is 0.349 e. The Morgan fingerprint density at radius 1 is 1.17 bits per heavy atom. The van der Waals surface area contributed by atoms with E-state index in [9.17, 15) is 18.0 Å². The van der Waals surface area contributed by atoms with Gasteiger partial charge in [0.2, 0.25) is 15.9 Å². The van der Waals surface area contributed by atoms with Gasteiger partial charge in [-0.3, -0.25) is 9.59 Å². The third-order valence-corrected chi connectivity index (χ3v) is 5.73. The lowest BCUT2D eigenvalue weighted by Crippen LogP contribution is -2.35.